The molecule has 3 aromatic rings. The second-order valence-electron chi connectivity index (χ2n) is 5.40. The molecule has 138 valence electrons. The maximum Gasteiger partial charge on any atom is 0.281 e. The van der Waals surface area contributed by atoms with Crippen LogP contribution in [0.15, 0.2) is 52.0 Å². The van der Waals surface area contributed by atoms with Gasteiger partial charge in [0, 0.05) is 32.3 Å². The summed E-state index contributed by atoms with van der Waals surface area (Å²) >= 11 is 4.63. The van der Waals surface area contributed by atoms with Gasteiger partial charge in [-0.1, -0.05) is 15.9 Å². The van der Waals surface area contributed by atoms with Crippen molar-refractivity contribution < 1.29 is 14.5 Å². The first-order chi connectivity index (χ1) is 13.0. The van der Waals surface area contributed by atoms with Crippen molar-refractivity contribution in [2.24, 2.45) is 5.10 Å². The highest BCUT2D eigenvalue weighted by Crippen LogP contribution is 2.29. The number of hydrogen-bond acceptors (Lipinski definition) is 6. The van der Waals surface area contributed by atoms with Crippen LogP contribution in [0.2, 0.25) is 0 Å². The Labute approximate surface area is 166 Å². The number of nitro groups is 1. The molecule has 1 heterocycles. The summed E-state index contributed by atoms with van der Waals surface area (Å²) in [5.74, 6) is 0.274. The second kappa shape index (κ2) is 8.28. The number of nitro benzene ring substituents is 1. The third-order valence-corrected chi connectivity index (χ3v) is 5.18. The lowest BCUT2D eigenvalue weighted by atomic mass is 10.2. The van der Waals surface area contributed by atoms with Crippen molar-refractivity contribution in [2.45, 2.75) is 6.92 Å². The molecular weight excluding hydrogens is 434 g/mol. The zero-order valence-corrected chi connectivity index (χ0v) is 16.5. The van der Waals surface area contributed by atoms with Gasteiger partial charge in [0.15, 0.2) is 0 Å². The molecule has 0 fully saturated rings. The van der Waals surface area contributed by atoms with E-state index in [-0.39, 0.29) is 11.6 Å². The topological polar surface area (TPSA) is 93.8 Å². The monoisotopic (exact) mass is 447 g/mol. The third-order valence-electron chi connectivity index (χ3n) is 3.58. The fourth-order valence-electron chi connectivity index (χ4n) is 2.38. The molecule has 2 aromatic carbocycles. The minimum absolute atomic E-state index is 0.0108. The van der Waals surface area contributed by atoms with Gasteiger partial charge in [0.25, 0.3) is 11.6 Å². The van der Waals surface area contributed by atoms with Gasteiger partial charge in [0.2, 0.25) is 0 Å². The predicted molar refractivity (Wildman–Crippen MR) is 109 cm³/mol. The standard InChI is InChI=1S/C18H14BrN3O4S/c1-2-26-15-5-3-13(19)7-12(15)10-20-21-18(23)17-9-11-8-14(22(24)25)4-6-16(11)27-17/h3-10H,2H2,1H3,(H,21,23)/b20-10-. The van der Waals surface area contributed by atoms with Gasteiger partial charge in [0.05, 0.1) is 22.6 Å². The number of carbonyl (C=O) groups excluding carboxylic acids is 1. The van der Waals surface area contributed by atoms with Crippen molar-refractivity contribution in [1.29, 1.82) is 0 Å². The van der Waals surface area contributed by atoms with E-state index in [1.54, 1.807) is 12.1 Å². The summed E-state index contributed by atoms with van der Waals surface area (Å²) in [7, 11) is 0. The number of nitrogens with zero attached hydrogens (tertiary/aromatic N) is 2. The number of amides is 1. The van der Waals surface area contributed by atoms with Crippen LogP contribution in [0.4, 0.5) is 5.69 Å². The first-order valence-electron chi connectivity index (χ1n) is 7.91. The summed E-state index contributed by atoms with van der Waals surface area (Å²) in [6.45, 7) is 2.40. The Bertz CT molecular complexity index is 1050. The van der Waals surface area contributed by atoms with Crippen molar-refractivity contribution >= 4 is 55.2 Å². The zero-order chi connectivity index (χ0) is 19.4. The number of nitrogens with one attached hydrogen (secondary N) is 1. The molecule has 7 nitrogen and oxygen atoms in total. The number of carbonyl (C=O) groups is 1. The van der Waals surface area contributed by atoms with E-state index in [0.29, 0.717) is 22.6 Å². The largest absolute Gasteiger partial charge is 0.493 e. The second-order valence-corrected chi connectivity index (χ2v) is 7.40. The SMILES string of the molecule is CCOc1ccc(Br)cc1/C=N\NC(=O)c1cc2cc([N+](=O)[O-])ccc2s1. The van der Waals surface area contributed by atoms with Crippen LogP contribution < -0.4 is 10.2 Å². The summed E-state index contributed by atoms with van der Waals surface area (Å²) in [5, 5.41) is 15.5. The Kier molecular flexibility index (Phi) is 5.82. The molecule has 0 radical (unpaired) electrons. The molecular formula is C18H14BrN3O4S. The third kappa shape index (κ3) is 4.50. The van der Waals surface area contributed by atoms with Crippen molar-refractivity contribution in [3.05, 3.63) is 67.5 Å². The smallest absolute Gasteiger partial charge is 0.281 e. The van der Waals surface area contributed by atoms with Crippen LogP contribution >= 0.6 is 27.3 Å². The molecule has 0 atom stereocenters. The van der Waals surface area contributed by atoms with Gasteiger partial charge < -0.3 is 4.74 Å². The van der Waals surface area contributed by atoms with E-state index in [4.69, 9.17) is 4.74 Å². The number of fused-ring (bicyclic) bond motifs is 1. The average Bonchev–Trinajstić information content (AvgIpc) is 3.07. The summed E-state index contributed by atoms with van der Waals surface area (Å²) < 4.78 is 7.18. The lowest BCUT2D eigenvalue weighted by Gasteiger charge is -2.06. The number of halogens is 1. The predicted octanol–water partition coefficient (Wildman–Crippen LogP) is 4.73. The molecule has 0 saturated heterocycles. The zero-order valence-electron chi connectivity index (χ0n) is 14.1. The maximum atomic E-state index is 12.3. The van der Waals surface area contributed by atoms with Crippen LogP contribution in [0.5, 0.6) is 5.75 Å². The molecule has 0 aliphatic rings. The molecule has 27 heavy (non-hydrogen) atoms. The van der Waals surface area contributed by atoms with E-state index in [0.717, 1.165) is 14.7 Å². The highest BCUT2D eigenvalue weighted by Gasteiger charge is 2.13. The fraction of sp³-hybridized carbons (Fsp3) is 0.111. The number of ether oxygens (including phenoxy) is 1. The van der Waals surface area contributed by atoms with Crippen LogP contribution in [0.3, 0.4) is 0 Å². The first-order valence-corrected chi connectivity index (χ1v) is 9.52. The lowest BCUT2D eigenvalue weighted by molar-refractivity contribution is -0.384. The van der Waals surface area contributed by atoms with Gasteiger partial charge in [0.1, 0.15) is 5.75 Å². The van der Waals surface area contributed by atoms with Crippen molar-refractivity contribution in [2.75, 3.05) is 6.61 Å². The van der Waals surface area contributed by atoms with E-state index in [2.05, 4.69) is 26.5 Å². The Morgan fingerprint density at radius 2 is 2.15 bits per heavy atom. The highest BCUT2D eigenvalue weighted by atomic mass is 79.9. The normalized spacial score (nSPS) is 11.0. The molecule has 0 spiro atoms. The van der Waals surface area contributed by atoms with Gasteiger partial charge in [-0.05, 0) is 37.3 Å². The van der Waals surface area contributed by atoms with Crippen molar-refractivity contribution in [3.63, 3.8) is 0 Å². The molecule has 0 aliphatic heterocycles. The Morgan fingerprint density at radius 1 is 1.33 bits per heavy atom. The molecule has 1 aromatic heterocycles. The Morgan fingerprint density at radius 3 is 2.89 bits per heavy atom. The number of thiophene rings is 1. The van der Waals surface area contributed by atoms with E-state index in [9.17, 15) is 14.9 Å². The highest BCUT2D eigenvalue weighted by molar-refractivity contribution is 9.10. The van der Waals surface area contributed by atoms with Gasteiger partial charge in [-0.3, -0.25) is 14.9 Å². The number of benzene rings is 2. The van der Waals surface area contributed by atoms with Crippen LogP contribution in [0.25, 0.3) is 10.1 Å². The van der Waals surface area contributed by atoms with E-state index < -0.39 is 4.92 Å². The molecule has 0 bridgehead atoms. The van der Waals surface area contributed by atoms with Crippen LogP contribution in [0, 0.1) is 10.1 Å². The number of non-ortho nitro benzene ring substituents is 1. The molecule has 1 amide bonds. The van der Waals surface area contributed by atoms with Gasteiger partial charge in [-0.15, -0.1) is 11.3 Å². The quantitative estimate of drug-likeness (QED) is 0.335. The lowest BCUT2D eigenvalue weighted by Crippen LogP contribution is -2.16. The van der Waals surface area contributed by atoms with Gasteiger partial charge >= 0.3 is 0 Å². The fourth-order valence-corrected chi connectivity index (χ4v) is 3.69. The number of rotatable bonds is 6. The van der Waals surface area contributed by atoms with Crippen molar-refractivity contribution in [3.8, 4) is 5.75 Å². The van der Waals surface area contributed by atoms with Gasteiger partial charge in [-0.25, -0.2) is 5.43 Å². The van der Waals surface area contributed by atoms with E-state index in [1.165, 1.54) is 29.7 Å². The van der Waals surface area contributed by atoms with E-state index in [1.807, 2.05) is 25.1 Å². The molecule has 9 heteroatoms. The van der Waals surface area contributed by atoms with E-state index >= 15 is 0 Å². The molecule has 0 unspecified atom stereocenters. The Hall–Kier alpha value is -2.78. The van der Waals surface area contributed by atoms with Crippen molar-refractivity contribution in [1.82, 2.24) is 5.43 Å². The van der Waals surface area contributed by atoms with Crippen LogP contribution in [0.1, 0.15) is 22.2 Å². The summed E-state index contributed by atoms with van der Waals surface area (Å²) in [6.07, 6.45) is 1.51. The van der Waals surface area contributed by atoms with Crippen LogP contribution in [-0.4, -0.2) is 23.7 Å². The van der Waals surface area contributed by atoms with Crippen LogP contribution in [-0.2, 0) is 0 Å². The summed E-state index contributed by atoms with van der Waals surface area (Å²) in [4.78, 5) is 23.1. The molecule has 1 N–H and O–H groups in total. The molecule has 0 saturated carbocycles. The molecule has 3 rings (SSSR count). The first kappa shape index (κ1) is 19.0. The summed E-state index contributed by atoms with van der Waals surface area (Å²) in [6, 6.07) is 11.6. The maximum absolute atomic E-state index is 12.3. The average molecular weight is 448 g/mol. The minimum Gasteiger partial charge on any atom is -0.493 e. The Balaban J connectivity index is 1.76. The minimum atomic E-state index is -0.463. The number of hydrogen-bond donors (Lipinski definition) is 1. The molecule has 0 aliphatic carbocycles. The van der Waals surface area contributed by atoms with Gasteiger partial charge in [-0.2, -0.15) is 5.10 Å². The summed E-state index contributed by atoms with van der Waals surface area (Å²) in [5.41, 5.74) is 3.18. The number of hydrazone groups is 1.